The number of aromatic nitrogens is 4. The first-order chi connectivity index (χ1) is 13.2. The van der Waals surface area contributed by atoms with Gasteiger partial charge in [0.2, 0.25) is 0 Å². The predicted octanol–water partition coefficient (Wildman–Crippen LogP) is 3.67. The third-order valence-electron chi connectivity index (χ3n) is 4.59. The monoisotopic (exact) mass is 435 g/mol. The maximum absolute atomic E-state index is 14.9. The Morgan fingerprint density at radius 1 is 1.54 bits per heavy atom. The molecule has 0 aliphatic carbocycles. The first-order valence-corrected chi connectivity index (χ1v) is 9.50. The van der Waals surface area contributed by atoms with Crippen molar-refractivity contribution in [3.8, 4) is 5.88 Å². The van der Waals surface area contributed by atoms with Crippen molar-refractivity contribution in [3.63, 3.8) is 0 Å². The van der Waals surface area contributed by atoms with Crippen LogP contribution in [0.3, 0.4) is 0 Å². The Hall–Kier alpha value is -1.91. The third kappa shape index (κ3) is 4.39. The van der Waals surface area contributed by atoms with Crippen molar-refractivity contribution in [2.45, 2.75) is 50.5 Å². The molecule has 1 aliphatic rings. The maximum Gasteiger partial charge on any atom is 0.352 e. The van der Waals surface area contributed by atoms with Gasteiger partial charge < -0.3 is 9.47 Å². The minimum Gasteiger partial charge on any atom is -0.472 e. The summed E-state index contributed by atoms with van der Waals surface area (Å²) in [7, 11) is 0. The number of rotatable bonds is 7. The Kier molecular flexibility index (Phi) is 6.11. The summed E-state index contributed by atoms with van der Waals surface area (Å²) >= 11 is 11.8. The first kappa shape index (κ1) is 20.8. The molecule has 0 N–H and O–H groups in total. The van der Waals surface area contributed by atoms with Gasteiger partial charge in [-0.15, -0.1) is 5.10 Å². The second-order valence-electron chi connectivity index (χ2n) is 6.80. The zero-order chi connectivity index (χ0) is 20.5. The molecule has 1 aliphatic heterocycles. The van der Waals surface area contributed by atoms with E-state index in [1.807, 2.05) is 0 Å². The van der Waals surface area contributed by atoms with Crippen LogP contribution < -0.4 is 4.74 Å². The lowest BCUT2D eigenvalue weighted by atomic mass is 9.94. The van der Waals surface area contributed by atoms with Gasteiger partial charge in [-0.05, 0) is 19.9 Å². The van der Waals surface area contributed by atoms with E-state index in [-0.39, 0.29) is 36.9 Å². The van der Waals surface area contributed by atoms with Gasteiger partial charge in [-0.3, -0.25) is 19.5 Å². The number of nitro groups is 1. The largest absolute Gasteiger partial charge is 0.472 e. The predicted molar refractivity (Wildman–Crippen MR) is 99.7 cm³/mol. The van der Waals surface area contributed by atoms with E-state index in [1.54, 1.807) is 16.9 Å². The lowest BCUT2D eigenvalue weighted by Crippen LogP contribution is -2.44. The van der Waals surface area contributed by atoms with Crippen LogP contribution in [0.2, 0.25) is 5.15 Å². The number of halogens is 3. The number of hydrogen-bond donors (Lipinski definition) is 0. The van der Waals surface area contributed by atoms with Gasteiger partial charge >= 0.3 is 11.6 Å². The van der Waals surface area contributed by atoms with Gasteiger partial charge in [-0.25, -0.2) is 4.39 Å². The lowest BCUT2D eigenvalue weighted by molar-refractivity contribution is -0.386. The molecule has 3 unspecified atom stereocenters. The summed E-state index contributed by atoms with van der Waals surface area (Å²) in [5, 5.41) is 20.1. The Labute approximate surface area is 170 Å². The minimum atomic E-state index is -1.77. The zero-order valence-electron chi connectivity index (χ0n) is 15.3. The van der Waals surface area contributed by atoms with E-state index < -0.39 is 22.2 Å². The van der Waals surface area contributed by atoms with E-state index >= 15 is 0 Å². The molecule has 12 heteroatoms. The molecular weight excluding hydrogens is 416 g/mol. The first-order valence-electron chi connectivity index (χ1n) is 8.69. The molecule has 0 radical (unpaired) electrons. The van der Waals surface area contributed by atoms with Crippen molar-refractivity contribution in [1.82, 2.24) is 19.6 Å². The molecular formula is C16H20Cl2FN5O4. The van der Waals surface area contributed by atoms with Crippen molar-refractivity contribution in [2.24, 2.45) is 0 Å². The van der Waals surface area contributed by atoms with Crippen LogP contribution in [0, 0.1) is 17.0 Å². The number of nitrogens with zero attached hydrogens (tertiary/aromatic N) is 5. The number of ether oxygens (including phenoxy) is 2. The Bertz CT molecular complexity index is 856. The van der Waals surface area contributed by atoms with Crippen LogP contribution in [0.15, 0.2) is 12.3 Å². The van der Waals surface area contributed by atoms with Crippen molar-refractivity contribution >= 4 is 28.9 Å². The van der Waals surface area contributed by atoms with Gasteiger partial charge in [-0.1, -0.05) is 23.2 Å². The Morgan fingerprint density at radius 2 is 2.29 bits per heavy atom. The normalized spacial score (nSPS) is 25.0. The van der Waals surface area contributed by atoms with E-state index in [1.165, 1.54) is 18.5 Å². The van der Waals surface area contributed by atoms with Crippen molar-refractivity contribution in [2.75, 3.05) is 13.2 Å². The highest BCUT2D eigenvalue weighted by molar-refractivity contribution is 6.29. The molecule has 3 atom stereocenters. The highest BCUT2D eigenvalue weighted by Crippen LogP contribution is 2.41. The summed E-state index contributed by atoms with van der Waals surface area (Å²) in [5.74, 6) is -0.144. The lowest BCUT2D eigenvalue weighted by Gasteiger charge is -2.37. The molecule has 0 aromatic carbocycles. The summed E-state index contributed by atoms with van der Waals surface area (Å²) in [6, 6.07) is 0.857. The van der Waals surface area contributed by atoms with Gasteiger partial charge in [0, 0.05) is 25.6 Å². The molecule has 9 nitrogen and oxygen atoms in total. The van der Waals surface area contributed by atoms with Crippen LogP contribution in [0.1, 0.15) is 31.5 Å². The van der Waals surface area contributed by atoms with Gasteiger partial charge in [0.1, 0.15) is 11.3 Å². The van der Waals surface area contributed by atoms with Gasteiger partial charge in [-0.2, -0.15) is 5.10 Å². The zero-order valence-corrected chi connectivity index (χ0v) is 16.9. The fourth-order valence-electron chi connectivity index (χ4n) is 3.14. The van der Waals surface area contributed by atoms with Crippen molar-refractivity contribution in [3.05, 3.63) is 33.2 Å². The highest BCUT2D eigenvalue weighted by atomic mass is 35.5. The number of hydrogen-bond acceptors (Lipinski definition) is 6. The summed E-state index contributed by atoms with van der Waals surface area (Å²) in [4.78, 5) is 10.9. The molecule has 1 fully saturated rings. The molecule has 0 saturated carbocycles. The fourth-order valence-corrected chi connectivity index (χ4v) is 3.53. The summed E-state index contributed by atoms with van der Waals surface area (Å²) < 4.78 is 28.6. The average molecular weight is 436 g/mol. The molecule has 3 heterocycles. The molecule has 2 aromatic heterocycles. The van der Waals surface area contributed by atoms with Crippen molar-refractivity contribution < 1.29 is 18.8 Å². The topological polar surface area (TPSA) is 97.2 Å². The molecule has 1 saturated heterocycles. The van der Waals surface area contributed by atoms with E-state index in [0.717, 1.165) is 0 Å². The Morgan fingerprint density at radius 3 is 2.93 bits per heavy atom. The molecule has 0 spiro atoms. The van der Waals surface area contributed by atoms with Crippen LogP contribution in [-0.2, 0) is 11.3 Å². The smallest absolute Gasteiger partial charge is 0.352 e. The van der Waals surface area contributed by atoms with Crippen molar-refractivity contribution in [1.29, 1.82) is 0 Å². The van der Waals surface area contributed by atoms with Crippen LogP contribution in [-0.4, -0.2) is 48.9 Å². The van der Waals surface area contributed by atoms with Gasteiger partial charge in [0.15, 0.2) is 10.8 Å². The van der Waals surface area contributed by atoms with Crippen LogP contribution in [0.25, 0.3) is 0 Å². The minimum absolute atomic E-state index is 0.133. The summed E-state index contributed by atoms with van der Waals surface area (Å²) in [6.07, 6.45) is 2.39. The molecule has 2 aromatic rings. The maximum atomic E-state index is 14.9. The van der Waals surface area contributed by atoms with Gasteiger partial charge in [0.05, 0.1) is 24.2 Å². The second kappa shape index (κ2) is 8.22. The average Bonchev–Trinajstić information content (AvgIpc) is 3.17. The molecule has 0 amide bonds. The highest BCUT2D eigenvalue weighted by Gasteiger charge is 2.45. The van der Waals surface area contributed by atoms with E-state index in [9.17, 15) is 14.5 Å². The third-order valence-corrected chi connectivity index (χ3v) is 5.10. The second-order valence-corrected chi connectivity index (χ2v) is 7.67. The van der Waals surface area contributed by atoms with E-state index in [2.05, 4.69) is 10.2 Å². The van der Waals surface area contributed by atoms with Crippen LogP contribution >= 0.6 is 23.2 Å². The SMILES string of the molecule is Cc1c([N+](=O)[O-])c(OCCCn2ccc(Cl)n2)nn1C1CC(Cl)OCC1(C)F. The summed E-state index contributed by atoms with van der Waals surface area (Å²) in [6.45, 7) is 3.35. The van der Waals surface area contributed by atoms with E-state index in [4.69, 9.17) is 32.7 Å². The van der Waals surface area contributed by atoms with Gasteiger partial charge in [0.25, 0.3) is 0 Å². The Balaban J connectivity index is 1.75. The van der Waals surface area contributed by atoms with Crippen LogP contribution in [0.4, 0.5) is 10.1 Å². The number of alkyl halides is 2. The molecule has 28 heavy (non-hydrogen) atoms. The molecule has 3 rings (SSSR count). The van der Waals surface area contributed by atoms with E-state index in [0.29, 0.717) is 18.1 Å². The molecule has 0 bridgehead atoms. The number of aryl methyl sites for hydroxylation is 1. The fraction of sp³-hybridized carbons (Fsp3) is 0.625. The van der Waals surface area contributed by atoms with Crippen LogP contribution in [0.5, 0.6) is 5.88 Å². The summed E-state index contributed by atoms with van der Waals surface area (Å²) in [5.41, 5.74) is -2.54. The quantitative estimate of drug-likeness (QED) is 0.284. The molecule has 154 valence electrons. The standard InChI is InChI=1S/C16H20Cl2FN5O4/c1-10-14(24(25)26)15(27-7-3-5-22-6-4-12(17)20-22)21-23(10)11-8-13(18)28-9-16(11,2)19/h4,6,11,13H,3,5,7-9H2,1-2H3.